The first kappa shape index (κ1) is 18.4. The highest BCUT2D eigenvalue weighted by Gasteiger charge is 2.46. The second-order valence-electron chi connectivity index (χ2n) is 5.84. The third-order valence-corrected chi connectivity index (χ3v) is 4.60. The molecule has 2 heterocycles. The minimum Gasteiger partial charge on any atom is -0.772 e. The smallest absolute Gasteiger partial charge is 0.415 e. The van der Waals surface area contributed by atoms with Crippen LogP contribution in [0.2, 0.25) is 0 Å². The predicted octanol–water partition coefficient (Wildman–Crippen LogP) is 0.339. The molecule has 2 aliphatic rings. The Bertz CT molecular complexity index is 761. The molecule has 0 saturated carbocycles. The molecule has 0 radical (unpaired) electrons. The summed E-state index contributed by atoms with van der Waals surface area (Å²) in [7, 11) is 0. The van der Waals surface area contributed by atoms with Crippen molar-refractivity contribution in [3.63, 3.8) is 0 Å². The lowest BCUT2D eigenvalue weighted by atomic mass is 10.1. The number of carbonyl (C=O) groups is 2. The van der Waals surface area contributed by atoms with Crippen LogP contribution in [0, 0.1) is 5.82 Å². The largest absolute Gasteiger partial charge is 0.772 e. The summed E-state index contributed by atoms with van der Waals surface area (Å²) in [5, 5.41) is 5.26. The molecule has 1 fully saturated rings. The minimum absolute atomic E-state index is 0.0407. The summed E-state index contributed by atoms with van der Waals surface area (Å²) in [4.78, 5) is 24.6. The SMILES string of the molecule is CC(=O)NCC1OC(=O)N2c3cc(F)c(NCCS(=O)[O-])cc3OCC12. The van der Waals surface area contributed by atoms with E-state index in [1.807, 2.05) is 0 Å². The number of benzene rings is 1. The molecule has 1 aromatic carbocycles. The maximum atomic E-state index is 14.3. The lowest BCUT2D eigenvalue weighted by Gasteiger charge is -2.31. The lowest BCUT2D eigenvalue weighted by molar-refractivity contribution is -0.119. The molecule has 2 aliphatic heterocycles. The van der Waals surface area contributed by atoms with Gasteiger partial charge in [-0.25, -0.2) is 9.18 Å². The summed E-state index contributed by atoms with van der Waals surface area (Å²) in [6.07, 6.45) is -1.25. The van der Waals surface area contributed by atoms with Crippen molar-refractivity contribution in [2.75, 3.05) is 35.7 Å². The number of fused-ring (bicyclic) bond motifs is 3. The van der Waals surface area contributed by atoms with E-state index >= 15 is 0 Å². The van der Waals surface area contributed by atoms with E-state index in [0.29, 0.717) is 0 Å². The number of rotatable bonds is 6. The highest BCUT2D eigenvalue weighted by Crippen LogP contribution is 2.41. The van der Waals surface area contributed by atoms with Crippen LogP contribution in [0.15, 0.2) is 12.1 Å². The Hall–Kier alpha value is -2.40. The van der Waals surface area contributed by atoms with Gasteiger partial charge < -0.3 is 24.7 Å². The number of hydrogen-bond donors (Lipinski definition) is 2. The Labute approximate surface area is 151 Å². The molecule has 2 N–H and O–H groups in total. The molecule has 3 atom stereocenters. The van der Waals surface area contributed by atoms with E-state index in [9.17, 15) is 22.7 Å². The van der Waals surface area contributed by atoms with Gasteiger partial charge in [0.25, 0.3) is 0 Å². The second kappa shape index (κ2) is 7.46. The number of ether oxygens (including phenoxy) is 2. The van der Waals surface area contributed by atoms with Crippen molar-refractivity contribution >= 4 is 34.5 Å². The molecular formula is C15H17FN3O6S-. The predicted molar refractivity (Wildman–Crippen MR) is 89.4 cm³/mol. The van der Waals surface area contributed by atoms with Crippen molar-refractivity contribution in [2.24, 2.45) is 0 Å². The van der Waals surface area contributed by atoms with E-state index in [2.05, 4.69) is 10.6 Å². The summed E-state index contributed by atoms with van der Waals surface area (Å²) >= 11 is -2.23. The van der Waals surface area contributed by atoms with E-state index in [1.165, 1.54) is 17.9 Å². The fraction of sp³-hybridized carbons (Fsp3) is 0.467. The Morgan fingerprint density at radius 3 is 2.96 bits per heavy atom. The monoisotopic (exact) mass is 386 g/mol. The fourth-order valence-corrected chi connectivity index (χ4v) is 3.14. The number of amides is 2. The lowest BCUT2D eigenvalue weighted by Crippen LogP contribution is -2.47. The normalized spacial score (nSPS) is 22.0. The molecule has 0 aromatic heterocycles. The number of cyclic esters (lactones) is 1. The maximum absolute atomic E-state index is 14.3. The van der Waals surface area contributed by atoms with Crippen molar-refractivity contribution < 1.29 is 32.2 Å². The van der Waals surface area contributed by atoms with Crippen molar-refractivity contribution in [3.05, 3.63) is 17.9 Å². The first-order chi connectivity index (χ1) is 12.4. The van der Waals surface area contributed by atoms with Crippen molar-refractivity contribution in [1.82, 2.24) is 5.32 Å². The van der Waals surface area contributed by atoms with Gasteiger partial charge in [-0.3, -0.25) is 13.9 Å². The summed E-state index contributed by atoms with van der Waals surface area (Å²) in [5.74, 6) is -0.784. The molecule has 11 heteroatoms. The van der Waals surface area contributed by atoms with Crippen molar-refractivity contribution in [2.45, 2.75) is 19.1 Å². The molecule has 142 valence electrons. The van der Waals surface area contributed by atoms with Gasteiger partial charge in [0.05, 0.1) is 17.9 Å². The first-order valence-electron chi connectivity index (χ1n) is 7.87. The molecule has 1 aromatic rings. The Morgan fingerprint density at radius 2 is 2.27 bits per heavy atom. The first-order valence-corrected chi connectivity index (χ1v) is 9.11. The third-order valence-electron chi connectivity index (χ3n) is 4.06. The number of anilines is 2. The highest BCUT2D eigenvalue weighted by atomic mass is 32.2. The van der Waals surface area contributed by atoms with Crippen LogP contribution in [-0.2, 0) is 20.6 Å². The van der Waals surface area contributed by atoms with Gasteiger partial charge in [-0.05, 0) is 0 Å². The van der Waals surface area contributed by atoms with Crippen molar-refractivity contribution in [3.8, 4) is 5.75 Å². The van der Waals surface area contributed by atoms with E-state index < -0.39 is 35.1 Å². The average Bonchev–Trinajstić information content (AvgIpc) is 2.89. The Kier molecular flexibility index (Phi) is 5.28. The van der Waals surface area contributed by atoms with Gasteiger partial charge in [0, 0.05) is 31.4 Å². The van der Waals surface area contributed by atoms with Crippen LogP contribution in [0.4, 0.5) is 20.6 Å². The van der Waals surface area contributed by atoms with Gasteiger partial charge in [0.2, 0.25) is 5.91 Å². The number of carbonyl (C=O) groups excluding carboxylic acids is 2. The topological polar surface area (TPSA) is 120 Å². The van der Waals surface area contributed by atoms with Crippen LogP contribution in [0.5, 0.6) is 5.75 Å². The number of nitrogens with zero attached hydrogens (tertiary/aromatic N) is 1. The molecule has 0 aliphatic carbocycles. The van der Waals surface area contributed by atoms with Crippen LogP contribution in [0.1, 0.15) is 6.92 Å². The Balaban J connectivity index is 1.78. The maximum Gasteiger partial charge on any atom is 0.415 e. The van der Waals surface area contributed by atoms with Crippen LogP contribution in [0.3, 0.4) is 0 Å². The molecule has 2 amide bonds. The minimum atomic E-state index is -2.23. The summed E-state index contributed by atoms with van der Waals surface area (Å²) in [5.41, 5.74) is 0.307. The van der Waals surface area contributed by atoms with Gasteiger partial charge in [-0.2, -0.15) is 0 Å². The zero-order valence-corrected chi connectivity index (χ0v) is 14.6. The average molecular weight is 386 g/mol. The van der Waals surface area contributed by atoms with E-state index in [1.54, 1.807) is 0 Å². The zero-order chi connectivity index (χ0) is 18.8. The van der Waals surface area contributed by atoms with Crippen LogP contribution >= 0.6 is 0 Å². The molecule has 0 spiro atoms. The summed E-state index contributed by atoms with van der Waals surface area (Å²) < 4.78 is 46.3. The Morgan fingerprint density at radius 1 is 1.50 bits per heavy atom. The van der Waals surface area contributed by atoms with Gasteiger partial charge >= 0.3 is 6.09 Å². The van der Waals surface area contributed by atoms with Crippen molar-refractivity contribution in [1.29, 1.82) is 0 Å². The molecule has 1 saturated heterocycles. The highest BCUT2D eigenvalue weighted by molar-refractivity contribution is 7.79. The molecular weight excluding hydrogens is 369 g/mol. The molecule has 3 unspecified atom stereocenters. The van der Waals surface area contributed by atoms with Crippen LogP contribution < -0.4 is 20.3 Å². The number of halogens is 1. The quantitative estimate of drug-likeness (QED) is 0.677. The number of hydrogen-bond acceptors (Lipinski definition) is 7. The van der Waals surface area contributed by atoms with E-state index in [0.717, 1.165) is 6.07 Å². The van der Waals surface area contributed by atoms with Crippen LogP contribution in [0.25, 0.3) is 0 Å². The molecule has 0 bridgehead atoms. The van der Waals surface area contributed by atoms with Gasteiger partial charge in [0.1, 0.15) is 30.3 Å². The third kappa shape index (κ3) is 3.73. The van der Waals surface area contributed by atoms with E-state index in [4.69, 9.17) is 9.47 Å². The molecule has 26 heavy (non-hydrogen) atoms. The van der Waals surface area contributed by atoms with Crippen LogP contribution in [-0.4, -0.2) is 58.4 Å². The van der Waals surface area contributed by atoms with Gasteiger partial charge in [-0.15, -0.1) is 0 Å². The number of nitrogens with one attached hydrogen (secondary N) is 2. The molecule has 3 rings (SSSR count). The van der Waals surface area contributed by atoms with Gasteiger partial charge in [-0.1, -0.05) is 11.1 Å². The summed E-state index contributed by atoms with van der Waals surface area (Å²) in [6.45, 7) is 1.65. The zero-order valence-electron chi connectivity index (χ0n) is 13.8. The standard InChI is InChI=1S/C15H18FN3O6S/c1-8(20)18-6-14-12-7-24-13-5-10(17-2-3-26(22)23)9(16)4-11(13)19(12)15(21)25-14/h4-5,12,14,17H,2-3,6-7H2,1H3,(H,18,20)(H,22,23)/p-1. The van der Waals surface area contributed by atoms with E-state index in [-0.39, 0.29) is 48.5 Å². The second-order valence-corrected chi connectivity index (χ2v) is 6.86. The summed E-state index contributed by atoms with van der Waals surface area (Å²) in [6, 6.07) is 2.03. The fourth-order valence-electron chi connectivity index (χ4n) is 2.87. The van der Waals surface area contributed by atoms with Gasteiger partial charge in [0.15, 0.2) is 0 Å². The molecule has 9 nitrogen and oxygen atoms in total.